The van der Waals surface area contributed by atoms with E-state index in [2.05, 4.69) is 0 Å². The number of hydrogen-bond acceptors (Lipinski definition) is 7. The van der Waals surface area contributed by atoms with E-state index >= 15 is 0 Å². The fourth-order valence-corrected chi connectivity index (χ4v) is 2.83. The molecule has 24 heavy (non-hydrogen) atoms. The lowest BCUT2D eigenvalue weighted by atomic mass is 10.0. The number of aliphatic hydroxyl groups is 1. The molecule has 0 saturated carbocycles. The van der Waals surface area contributed by atoms with E-state index in [1.807, 2.05) is 0 Å². The van der Waals surface area contributed by atoms with E-state index in [0.717, 1.165) is 6.07 Å². The summed E-state index contributed by atoms with van der Waals surface area (Å²) in [7, 11) is -4.97. The summed E-state index contributed by atoms with van der Waals surface area (Å²) in [6.07, 6.45) is 0. The predicted octanol–water partition coefficient (Wildman–Crippen LogP) is 1.91. The van der Waals surface area contributed by atoms with Gasteiger partial charge in [0, 0.05) is 6.07 Å². The molecule has 0 saturated heterocycles. The van der Waals surface area contributed by atoms with Crippen LogP contribution < -0.4 is 0 Å². The topological polar surface area (TPSA) is 161 Å². The summed E-state index contributed by atoms with van der Waals surface area (Å²) in [6.45, 7) is -0.310. The molecule has 10 nitrogen and oxygen atoms in total. The van der Waals surface area contributed by atoms with Crippen molar-refractivity contribution in [2.45, 2.75) is 11.5 Å². The number of benzene rings is 2. The van der Waals surface area contributed by atoms with Crippen LogP contribution in [0.15, 0.2) is 41.3 Å². The third-order valence-corrected chi connectivity index (χ3v) is 4.09. The standard InChI is InChI=1S/C13H10N2O8S/c16-7-8-1-3-9(4-2-8)12-10(14(17)18)5-6-11(24(21,22)23)13(12)15(19)20/h1-6,16H,7H2,(H,21,22,23). The van der Waals surface area contributed by atoms with Gasteiger partial charge in [-0.2, -0.15) is 8.42 Å². The van der Waals surface area contributed by atoms with Crippen LogP contribution in [0, 0.1) is 20.2 Å². The molecule has 0 atom stereocenters. The maximum Gasteiger partial charge on any atom is 0.305 e. The van der Waals surface area contributed by atoms with Crippen LogP contribution in [-0.2, 0) is 16.7 Å². The average Bonchev–Trinajstić information content (AvgIpc) is 2.52. The van der Waals surface area contributed by atoms with Gasteiger partial charge in [0.2, 0.25) is 0 Å². The quantitative estimate of drug-likeness (QED) is 0.467. The third kappa shape index (κ3) is 3.22. The van der Waals surface area contributed by atoms with Crippen molar-refractivity contribution in [3.8, 4) is 11.1 Å². The SMILES string of the molecule is O=[N+]([O-])c1ccc(S(=O)(=O)O)c([N+](=O)[O-])c1-c1ccc(CO)cc1. The molecule has 2 N–H and O–H groups in total. The van der Waals surface area contributed by atoms with Crippen LogP contribution in [0.2, 0.25) is 0 Å². The van der Waals surface area contributed by atoms with E-state index in [1.165, 1.54) is 24.3 Å². The number of aliphatic hydroxyl groups excluding tert-OH is 1. The first-order valence-electron chi connectivity index (χ1n) is 6.30. The minimum Gasteiger partial charge on any atom is -0.392 e. The lowest BCUT2D eigenvalue weighted by Crippen LogP contribution is -2.06. The van der Waals surface area contributed by atoms with Gasteiger partial charge in [0.25, 0.3) is 5.69 Å². The highest BCUT2D eigenvalue weighted by Gasteiger charge is 2.34. The minimum atomic E-state index is -4.97. The van der Waals surface area contributed by atoms with E-state index in [0.29, 0.717) is 11.6 Å². The molecule has 0 radical (unpaired) electrons. The number of nitro benzene ring substituents is 2. The molecule has 0 amide bonds. The third-order valence-electron chi connectivity index (χ3n) is 3.20. The first-order valence-corrected chi connectivity index (χ1v) is 7.74. The average molecular weight is 354 g/mol. The van der Waals surface area contributed by atoms with E-state index in [-0.39, 0.29) is 12.2 Å². The Morgan fingerprint density at radius 3 is 1.96 bits per heavy atom. The maximum atomic E-state index is 11.4. The van der Waals surface area contributed by atoms with Crippen molar-refractivity contribution in [1.82, 2.24) is 0 Å². The molecule has 0 heterocycles. The van der Waals surface area contributed by atoms with Gasteiger partial charge in [-0.1, -0.05) is 24.3 Å². The van der Waals surface area contributed by atoms with Crippen molar-refractivity contribution >= 4 is 21.5 Å². The van der Waals surface area contributed by atoms with Crippen LogP contribution in [0.5, 0.6) is 0 Å². The van der Waals surface area contributed by atoms with Crippen LogP contribution in [0.1, 0.15) is 5.56 Å². The lowest BCUT2D eigenvalue weighted by molar-refractivity contribution is -0.394. The highest BCUT2D eigenvalue weighted by atomic mass is 32.2. The number of nitro groups is 2. The van der Waals surface area contributed by atoms with E-state index < -0.39 is 41.8 Å². The summed E-state index contributed by atoms with van der Waals surface area (Å²) >= 11 is 0. The van der Waals surface area contributed by atoms with Gasteiger partial charge in [-0.05, 0) is 17.2 Å². The first-order chi connectivity index (χ1) is 11.2. The molecular weight excluding hydrogens is 344 g/mol. The van der Waals surface area contributed by atoms with Crippen LogP contribution in [0.4, 0.5) is 11.4 Å². The molecule has 0 aliphatic heterocycles. The largest absolute Gasteiger partial charge is 0.392 e. The number of rotatable bonds is 5. The summed E-state index contributed by atoms with van der Waals surface area (Å²) in [5, 5.41) is 31.5. The minimum absolute atomic E-state index is 0.00361. The van der Waals surface area contributed by atoms with Crippen molar-refractivity contribution in [3.05, 3.63) is 62.2 Å². The lowest BCUT2D eigenvalue weighted by Gasteiger charge is -2.08. The molecule has 0 spiro atoms. The molecule has 0 aromatic heterocycles. The Hall–Kier alpha value is -2.89. The Bertz CT molecular complexity index is 922. The zero-order valence-electron chi connectivity index (χ0n) is 11.8. The van der Waals surface area contributed by atoms with E-state index in [4.69, 9.17) is 9.66 Å². The Kier molecular flexibility index (Phi) is 4.59. The van der Waals surface area contributed by atoms with Crippen molar-refractivity contribution in [2.24, 2.45) is 0 Å². The Balaban J connectivity index is 2.92. The van der Waals surface area contributed by atoms with Gasteiger partial charge in [-0.25, -0.2) is 0 Å². The number of nitrogens with zero attached hydrogens (tertiary/aromatic N) is 2. The summed E-state index contributed by atoms with van der Waals surface area (Å²) in [6, 6.07) is 6.68. The summed E-state index contributed by atoms with van der Waals surface area (Å²) in [4.78, 5) is 19.5. The fraction of sp³-hybridized carbons (Fsp3) is 0.0769. The van der Waals surface area contributed by atoms with Crippen LogP contribution in [-0.4, -0.2) is 27.9 Å². The highest BCUT2D eigenvalue weighted by molar-refractivity contribution is 7.86. The van der Waals surface area contributed by atoms with Gasteiger partial charge in [0.15, 0.2) is 4.90 Å². The molecular formula is C13H10N2O8S. The fourth-order valence-electron chi connectivity index (χ4n) is 2.16. The molecule has 2 aromatic rings. The second kappa shape index (κ2) is 6.31. The predicted molar refractivity (Wildman–Crippen MR) is 80.9 cm³/mol. The van der Waals surface area contributed by atoms with Gasteiger partial charge in [0.1, 0.15) is 5.56 Å². The highest BCUT2D eigenvalue weighted by Crippen LogP contribution is 2.42. The molecule has 0 aliphatic rings. The van der Waals surface area contributed by atoms with Crippen LogP contribution >= 0.6 is 0 Å². The normalized spacial score (nSPS) is 11.2. The molecule has 0 fully saturated rings. The van der Waals surface area contributed by atoms with Gasteiger partial charge in [-0.3, -0.25) is 24.8 Å². The molecule has 126 valence electrons. The summed E-state index contributed by atoms with van der Waals surface area (Å²) in [5.41, 5.74) is -1.88. The Labute approximate surface area is 135 Å². The van der Waals surface area contributed by atoms with Gasteiger partial charge in [0.05, 0.1) is 16.5 Å². The zero-order chi connectivity index (χ0) is 18.1. The van der Waals surface area contributed by atoms with Gasteiger partial charge in [-0.15, -0.1) is 0 Å². The van der Waals surface area contributed by atoms with E-state index in [9.17, 15) is 28.6 Å². The van der Waals surface area contributed by atoms with Crippen LogP contribution in [0.25, 0.3) is 11.1 Å². The maximum absolute atomic E-state index is 11.4. The molecule has 0 bridgehead atoms. The molecule has 0 unspecified atom stereocenters. The van der Waals surface area contributed by atoms with Crippen molar-refractivity contribution < 1.29 is 27.9 Å². The first kappa shape index (κ1) is 17.5. The molecule has 2 rings (SSSR count). The monoisotopic (exact) mass is 354 g/mol. The number of hydrogen-bond donors (Lipinski definition) is 2. The molecule has 2 aromatic carbocycles. The van der Waals surface area contributed by atoms with Gasteiger partial charge >= 0.3 is 15.8 Å². The van der Waals surface area contributed by atoms with Crippen molar-refractivity contribution in [2.75, 3.05) is 0 Å². The Morgan fingerprint density at radius 2 is 1.54 bits per heavy atom. The van der Waals surface area contributed by atoms with Crippen LogP contribution in [0.3, 0.4) is 0 Å². The molecule has 11 heteroatoms. The van der Waals surface area contributed by atoms with Crippen molar-refractivity contribution in [1.29, 1.82) is 0 Å². The van der Waals surface area contributed by atoms with E-state index in [1.54, 1.807) is 0 Å². The summed E-state index contributed by atoms with van der Waals surface area (Å²) < 4.78 is 31.9. The zero-order valence-corrected chi connectivity index (χ0v) is 12.6. The Morgan fingerprint density at radius 1 is 0.958 bits per heavy atom. The smallest absolute Gasteiger partial charge is 0.305 e. The van der Waals surface area contributed by atoms with Crippen molar-refractivity contribution in [3.63, 3.8) is 0 Å². The summed E-state index contributed by atoms with van der Waals surface area (Å²) in [5.74, 6) is 0. The van der Waals surface area contributed by atoms with Gasteiger partial charge < -0.3 is 5.11 Å². The second-order valence-corrected chi connectivity index (χ2v) is 6.04. The second-order valence-electron chi connectivity index (χ2n) is 4.65. The molecule has 0 aliphatic carbocycles.